The molecular formula is C13H17N3O2. The van der Waals surface area contributed by atoms with Gasteiger partial charge in [-0.15, -0.1) is 0 Å². The molecule has 0 aromatic heterocycles. The van der Waals surface area contributed by atoms with Gasteiger partial charge in [-0.05, 0) is 24.1 Å². The van der Waals surface area contributed by atoms with Crippen LogP contribution in [0, 0.1) is 5.92 Å². The minimum absolute atomic E-state index is 0.118. The van der Waals surface area contributed by atoms with E-state index < -0.39 is 6.04 Å². The highest BCUT2D eigenvalue weighted by Crippen LogP contribution is 2.24. The molecule has 3 N–H and O–H groups in total. The molecule has 2 atom stereocenters. The summed E-state index contributed by atoms with van der Waals surface area (Å²) in [7, 11) is 0. The van der Waals surface area contributed by atoms with Crippen LogP contribution in [0.5, 0.6) is 0 Å². The lowest BCUT2D eigenvalue weighted by Crippen LogP contribution is -2.35. The minimum Gasteiger partial charge on any atom is -0.399 e. The number of nitrogens with zero attached hydrogens (tertiary/aromatic N) is 1. The summed E-state index contributed by atoms with van der Waals surface area (Å²) in [5, 5.41) is 2.72. The molecule has 5 heteroatoms. The van der Waals surface area contributed by atoms with Crippen LogP contribution in [-0.4, -0.2) is 18.0 Å². The van der Waals surface area contributed by atoms with Crippen molar-refractivity contribution in [2.24, 2.45) is 5.92 Å². The van der Waals surface area contributed by atoms with Gasteiger partial charge in [-0.3, -0.25) is 4.79 Å². The normalized spacial score (nSPS) is 21.0. The second-order valence-electron chi connectivity index (χ2n) is 4.58. The molecule has 0 spiro atoms. The van der Waals surface area contributed by atoms with Gasteiger partial charge in [0.25, 0.3) is 5.91 Å². The predicted molar refractivity (Wildman–Crippen MR) is 70.1 cm³/mol. The zero-order valence-electron chi connectivity index (χ0n) is 10.5. The second kappa shape index (κ2) is 4.68. The number of rotatable bonds is 3. The number of hydrogen-bond acceptors (Lipinski definition) is 3. The molecule has 0 bridgehead atoms. The zero-order chi connectivity index (χ0) is 13.3. The molecule has 1 aliphatic rings. The van der Waals surface area contributed by atoms with E-state index in [1.54, 1.807) is 24.3 Å². The van der Waals surface area contributed by atoms with Crippen LogP contribution in [0.4, 0.5) is 16.2 Å². The van der Waals surface area contributed by atoms with Gasteiger partial charge in [0.15, 0.2) is 0 Å². The van der Waals surface area contributed by atoms with Gasteiger partial charge in [0.05, 0.1) is 5.69 Å². The first-order valence-corrected chi connectivity index (χ1v) is 6.04. The highest BCUT2D eigenvalue weighted by Gasteiger charge is 2.41. The molecule has 1 aliphatic heterocycles. The number of imide groups is 1. The molecule has 2 rings (SSSR count). The monoisotopic (exact) mass is 247 g/mol. The summed E-state index contributed by atoms with van der Waals surface area (Å²) in [4.78, 5) is 25.3. The molecule has 18 heavy (non-hydrogen) atoms. The SMILES string of the molecule is CCC(C)[C@@H]1NC(=O)N(c2cccc(N)c2)C1=O. The van der Waals surface area contributed by atoms with Crippen molar-refractivity contribution in [3.05, 3.63) is 24.3 Å². The Labute approximate surface area is 106 Å². The van der Waals surface area contributed by atoms with Crippen LogP contribution < -0.4 is 16.0 Å². The number of hydrogen-bond donors (Lipinski definition) is 2. The lowest BCUT2D eigenvalue weighted by Gasteiger charge is -2.16. The third-order valence-corrected chi connectivity index (χ3v) is 3.31. The first-order valence-electron chi connectivity index (χ1n) is 6.04. The van der Waals surface area contributed by atoms with Gasteiger partial charge in [0, 0.05) is 5.69 Å². The lowest BCUT2D eigenvalue weighted by atomic mass is 9.99. The Bertz CT molecular complexity index is 487. The van der Waals surface area contributed by atoms with Gasteiger partial charge in [-0.25, -0.2) is 9.69 Å². The van der Waals surface area contributed by atoms with Crippen LogP contribution in [0.15, 0.2) is 24.3 Å². The van der Waals surface area contributed by atoms with Gasteiger partial charge < -0.3 is 11.1 Å². The van der Waals surface area contributed by atoms with Crippen LogP contribution in [0.3, 0.4) is 0 Å². The first-order chi connectivity index (χ1) is 8.54. The van der Waals surface area contributed by atoms with E-state index in [0.29, 0.717) is 11.4 Å². The molecule has 1 aromatic carbocycles. The van der Waals surface area contributed by atoms with Crippen molar-refractivity contribution in [1.82, 2.24) is 5.32 Å². The van der Waals surface area contributed by atoms with Crippen LogP contribution in [0.1, 0.15) is 20.3 Å². The van der Waals surface area contributed by atoms with Crippen molar-refractivity contribution in [1.29, 1.82) is 0 Å². The average Bonchev–Trinajstić information content (AvgIpc) is 2.64. The fraction of sp³-hybridized carbons (Fsp3) is 0.385. The van der Waals surface area contributed by atoms with Gasteiger partial charge >= 0.3 is 6.03 Å². The van der Waals surface area contributed by atoms with Crippen molar-refractivity contribution in [3.8, 4) is 0 Å². The Morgan fingerprint density at radius 1 is 1.44 bits per heavy atom. The Kier molecular flexibility index (Phi) is 3.23. The fourth-order valence-corrected chi connectivity index (χ4v) is 2.03. The lowest BCUT2D eigenvalue weighted by molar-refractivity contribution is -0.119. The molecule has 1 saturated heterocycles. The summed E-state index contributed by atoms with van der Waals surface area (Å²) in [5.74, 6) is -0.0903. The molecule has 1 aromatic rings. The molecule has 3 amide bonds. The van der Waals surface area contributed by atoms with E-state index in [1.165, 1.54) is 0 Å². The Morgan fingerprint density at radius 2 is 2.17 bits per heavy atom. The second-order valence-corrected chi connectivity index (χ2v) is 4.58. The molecule has 0 saturated carbocycles. The number of amides is 3. The Hall–Kier alpha value is -2.04. The molecule has 1 fully saturated rings. The molecule has 0 radical (unpaired) electrons. The van der Waals surface area contributed by atoms with Gasteiger partial charge in [-0.2, -0.15) is 0 Å². The van der Waals surface area contributed by atoms with Crippen molar-refractivity contribution in [3.63, 3.8) is 0 Å². The number of nitrogens with one attached hydrogen (secondary N) is 1. The first kappa shape index (κ1) is 12.4. The minimum atomic E-state index is -0.441. The van der Waals surface area contributed by atoms with Crippen molar-refractivity contribution >= 4 is 23.3 Å². The highest BCUT2D eigenvalue weighted by molar-refractivity contribution is 6.21. The molecule has 0 aliphatic carbocycles. The molecular weight excluding hydrogens is 230 g/mol. The number of carbonyl (C=O) groups is 2. The van der Waals surface area contributed by atoms with E-state index in [9.17, 15) is 9.59 Å². The van der Waals surface area contributed by atoms with Crippen LogP contribution in [0.25, 0.3) is 0 Å². The van der Waals surface area contributed by atoms with Crippen LogP contribution >= 0.6 is 0 Å². The molecule has 96 valence electrons. The Balaban J connectivity index is 2.30. The topological polar surface area (TPSA) is 75.4 Å². The van der Waals surface area contributed by atoms with E-state index >= 15 is 0 Å². The van der Waals surface area contributed by atoms with Crippen LogP contribution in [0.2, 0.25) is 0 Å². The van der Waals surface area contributed by atoms with Gasteiger partial charge in [-0.1, -0.05) is 26.3 Å². The molecule has 1 unspecified atom stereocenters. The number of anilines is 2. The fourth-order valence-electron chi connectivity index (χ4n) is 2.03. The maximum absolute atomic E-state index is 12.2. The summed E-state index contributed by atoms with van der Waals surface area (Å²) >= 11 is 0. The summed E-state index contributed by atoms with van der Waals surface area (Å²) < 4.78 is 0. The number of carbonyl (C=O) groups excluding carboxylic acids is 2. The largest absolute Gasteiger partial charge is 0.399 e. The quantitative estimate of drug-likeness (QED) is 0.631. The third kappa shape index (κ3) is 2.03. The van der Waals surface area contributed by atoms with E-state index in [1.807, 2.05) is 13.8 Å². The standard InChI is InChI=1S/C13H17N3O2/c1-3-8(2)11-12(17)16(13(18)15-11)10-6-4-5-9(14)7-10/h4-8,11H,3,14H2,1-2H3,(H,15,18)/t8?,11-/m0/s1. The summed E-state index contributed by atoms with van der Waals surface area (Å²) in [6.45, 7) is 3.94. The van der Waals surface area contributed by atoms with E-state index in [2.05, 4.69) is 5.32 Å². The van der Waals surface area contributed by atoms with Gasteiger partial charge in [0.2, 0.25) is 0 Å². The van der Waals surface area contributed by atoms with E-state index in [-0.39, 0.29) is 17.9 Å². The van der Waals surface area contributed by atoms with E-state index in [4.69, 9.17) is 5.73 Å². The van der Waals surface area contributed by atoms with Crippen molar-refractivity contribution in [2.45, 2.75) is 26.3 Å². The molecule has 5 nitrogen and oxygen atoms in total. The number of nitrogen functional groups attached to an aromatic ring is 1. The van der Waals surface area contributed by atoms with E-state index in [0.717, 1.165) is 11.3 Å². The summed E-state index contributed by atoms with van der Waals surface area (Å²) in [6.07, 6.45) is 0.835. The molecule has 1 heterocycles. The summed E-state index contributed by atoms with van der Waals surface area (Å²) in [6, 6.07) is 5.94. The number of nitrogens with two attached hydrogens (primary N) is 1. The van der Waals surface area contributed by atoms with Crippen molar-refractivity contribution in [2.75, 3.05) is 10.6 Å². The average molecular weight is 247 g/mol. The zero-order valence-corrected chi connectivity index (χ0v) is 10.5. The smallest absolute Gasteiger partial charge is 0.329 e. The maximum atomic E-state index is 12.2. The number of benzene rings is 1. The highest BCUT2D eigenvalue weighted by atomic mass is 16.2. The number of urea groups is 1. The predicted octanol–water partition coefficient (Wildman–Crippen LogP) is 1.74. The van der Waals surface area contributed by atoms with Crippen molar-refractivity contribution < 1.29 is 9.59 Å². The summed E-state index contributed by atoms with van der Waals surface area (Å²) in [5.41, 5.74) is 6.71. The third-order valence-electron chi connectivity index (χ3n) is 3.31. The van der Waals surface area contributed by atoms with Crippen LogP contribution in [-0.2, 0) is 4.79 Å². The van der Waals surface area contributed by atoms with Gasteiger partial charge in [0.1, 0.15) is 6.04 Å². The maximum Gasteiger partial charge on any atom is 0.329 e. The Morgan fingerprint density at radius 3 is 2.78 bits per heavy atom.